The van der Waals surface area contributed by atoms with Crippen LogP contribution in [0.4, 0.5) is 0 Å². The zero-order valence-electron chi connectivity index (χ0n) is 19.6. The van der Waals surface area contributed by atoms with E-state index in [0.717, 1.165) is 0 Å². The molecule has 0 atom stereocenters. The minimum absolute atomic E-state index is 1.09. The van der Waals surface area contributed by atoms with Crippen LogP contribution in [0.2, 0.25) is 39.3 Å². The van der Waals surface area contributed by atoms with Crippen LogP contribution in [0.1, 0.15) is 0 Å². The highest BCUT2D eigenvalue weighted by atomic mass is 28.4. The van der Waals surface area contributed by atoms with Gasteiger partial charge in [0, 0.05) is 0 Å². The molecular formula is C25H36BOSi3-. The Bertz CT molecular complexity index is 832. The molecule has 5 heteroatoms. The molecule has 0 aliphatic heterocycles. The standard InChI is InChI=1S/C25H36BOSi3/c1-27-26(28(2,3)23-17-11-8-12-18-23,29(4,5)24-19-13-9-14-20-24)30(6,7)25-21-15-10-16-22-25/h8-22H,1-7H3/q-1. The second-order valence-corrected chi connectivity index (χ2v) is 26.5. The molecule has 0 spiro atoms. The van der Waals surface area contributed by atoms with Crippen LogP contribution >= 0.6 is 0 Å². The molecule has 30 heavy (non-hydrogen) atoms. The van der Waals surface area contributed by atoms with E-state index in [9.17, 15) is 0 Å². The van der Waals surface area contributed by atoms with Crippen molar-refractivity contribution in [1.29, 1.82) is 0 Å². The summed E-state index contributed by atoms with van der Waals surface area (Å²) in [5.74, 6) is 0. The highest BCUT2D eigenvalue weighted by molar-refractivity contribution is 7.92. The van der Waals surface area contributed by atoms with Gasteiger partial charge in [0.15, 0.2) is 0 Å². The molecule has 0 amide bonds. The van der Waals surface area contributed by atoms with Gasteiger partial charge in [0.05, 0.1) is 0 Å². The molecule has 3 aromatic rings. The molecule has 0 aliphatic rings. The molecule has 3 aromatic carbocycles. The molecule has 0 unspecified atom stereocenters. The molecule has 0 aliphatic carbocycles. The number of hydrogen-bond donors (Lipinski definition) is 0. The van der Waals surface area contributed by atoms with Crippen LogP contribution in [0, 0.1) is 0 Å². The van der Waals surface area contributed by atoms with Gasteiger partial charge < -0.3 is 4.65 Å². The third-order valence-electron chi connectivity index (χ3n) is 7.96. The van der Waals surface area contributed by atoms with Gasteiger partial charge in [-0.15, -0.1) is 0 Å². The fourth-order valence-corrected chi connectivity index (χ4v) is 37.9. The van der Waals surface area contributed by atoms with Crippen LogP contribution in [0.15, 0.2) is 91.0 Å². The normalized spacial score (nSPS) is 13.3. The van der Waals surface area contributed by atoms with E-state index in [-0.39, 0.29) is 0 Å². The molecule has 1 nitrogen and oxygen atoms in total. The van der Waals surface area contributed by atoms with Crippen molar-refractivity contribution in [3.05, 3.63) is 91.0 Å². The first-order valence-electron chi connectivity index (χ1n) is 11.0. The first-order valence-corrected chi connectivity index (χ1v) is 20.2. The van der Waals surface area contributed by atoms with E-state index in [0.29, 0.717) is 0 Å². The third-order valence-corrected chi connectivity index (χ3v) is 33.2. The topological polar surface area (TPSA) is 9.23 Å². The minimum Gasteiger partial charge on any atom is -0.596 e. The highest BCUT2D eigenvalue weighted by Gasteiger charge is 2.61. The Morgan fingerprint density at radius 2 is 0.700 bits per heavy atom. The molecule has 0 N–H and O–H groups in total. The second kappa shape index (κ2) is 8.46. The summed E-state index contributed by atoms with van der Waals surface area (Å²) >= 11 is 0. The van der Waals surface area contributed by atoms with E-state index >= 15 is 0 Å². The van der Waals surface area contributed by atoms with Crippen molar-refractivity contribution in [2.24, 2.45) is 0 Å². The van der Waals surface area contributed by atoms with Crippen LogP contribution in [0.3, 0.4) is 0 Å². The lowest BCUT2D eigenvalue weighted by Crippen LogP contribution is -2.93. The van der Waals surface area contributed by atoms with Crippen molar-refractivity contribution in [1.82, 2.24) is 0 Å². The Kier molecular flexibility index (Phi) is 6.49. The van der Waals surface area contributed by atoms with Gasteiger partial charge in [-0.1, -0.05) is 146 Å². The molecule has 158 valence electrons. The molecule has 0 radical (unpaired) electrons. The minimum atomic E-state index is -2.03. The maximum absolute atomic E-state index is 7.04. The lowest BCUT2D eigenvalue weighted by atomic mass is 10.3. The fourth-order valence-electron chi connectivity index (χ4n) is 6.90. The predicted molar refractivity (Wildman–Crippen MR) is 143 cm³/mol. The van der Waals surface area contributed by atoms with E-state index in [1.54, 1.807) is 0 Å². The van der Waals surface area contributed by atoms with Crippen molar-refractivity contribution < 1.29 is 4.65 Å². The van der Waals surface area contributed by atoms with Crippen molar-refractivity contribution >= 4 is 44.5 Å². The van der Waals surface area contributed by atoms with Gasteiger partial charge in [0.25, 0.3) is 0 Å². The summed E-state index contributed by atoms with van der Waals surface area (Å²) in [6.45, 7) is 15.4. The van der Waals surface area contributed by atoms with Crippen LogP contribution in [0.25, 0.3) is 0 Å². The van der Waals surface area contributed by atoms with E-state index in [1.165, 1.54) is 15.6 Å². The smallest absolute Gasteiger partial charge is 0.124 e. The molecule has 3 rings (SSSR count). The van der Waals surface area contributed by atoms with Gasteiger partial charge in [0.2, 0.25) is 0 Å². The van der Waals surface area contributed by atoms with Crippen LogP contribution < -0.4 is 15.6 Å². The lowest BCUT2D eigenvalue weighted by molar-refractivity contribution is 0.436. The summed E-state index contributed by atoms with van der Waals surface area (Å²) in [5.41, 5.74) is 0. The second-order valence-electron chi connectivity index (χ2n) is 10.3. The maximum atomic E-state index is 7.04. The average molecular weight is 448 g/mol. The van der Waals surface area contributed by atoms with Crippen molar-refractivity contribution in [2.75, 3.05) is 7.11 Å². The summed E-state index contributed by atoms with van der Waals surface area (Å²) in [5, 5.41) is 3.45. The van der Waals surface area contributed by atoms with Crippen LogP contribution in [-0.2, 0) is 4.65 Å². The highest BCUT2D eigenvalue weighted by Crippen LogP contribution is 2.37. The quantitative estimate of drug-likeness (QED) is 0.479. The third kappa shape index (κ3) is 3.42. The van der Waals surface area contributed by atoms with Gasteiger partial charge in [0.1, 0.15) is 5.13 Å². The van der Waals surface area contributed by atoms with E-state index < -0.39 is 29.0 Å². The first kappa shape index (κ1) is 23.0. The molecule has 0 heterocycles. The van der Waals surface area contributed by atoms with Gasteiger partial charge >= 0.3 is 0 Å². The summed E-state index contributed by atoms with van der Waals surface area (Å²) in [4.78, 5) is 0. The summed E-state index contributed by atoms with van der Waals surface area (Å²) in [7, 11) is -4.07. The molecular weight excluding hydrogens is 411 g/mol. The molecule has 0 bridgehead atoms. The summed E-state index contributed by atoms with van der Waals surface area (Å²) in [6, 6.07) is 33.7. The Labute approximate surface area is 186 Å². The molecule has 0 aromatic heterocycles. The largest absolute Gasteiger partial charge is 0.596 e. The fraction of sp³-hybridized carbons (Fsp3) is 0.280. The Balaban J connectivity index is 2.39. The van der Waals surface area contributed by atoms with Gasteiger partial charge in [-0.2, -0.15) is 0 Å². The maximum Gasteiger partial charge on any atom is 0.124 e. The Morgan fingerprint density at radius 3 is 0.900 bits per heavy atom. The van der Waals surface area contributed by atoms with Gasteiger partial charge in [-0.05, 0) is 30.9 Å². The van der Waals surface area contributed by atoms with Crippen molar-refractivity contribution in [2.45, 2.75) is 39.3 Å². The zero-order valence-corrected chi connectivity index (χ0v) is 22.6. The Hall–Kier alpha value is -1.66. The monoisotopic (exact) mass is 447 g/mol. The van der Waals surface area contributed by atoms with E-state index in [1.807, 2.05) is 7.11 Å². The van der Waals surface area contributed by atoms with Crippen LogP contribution in [-0.4, -0.2) is 36.1 Å². The number of rotatable bonds is 7. The SMILES string of the molecule is CO[B-]([Si](C)(C)c1ccccc1)([Si](C)(C)c1ccccc1)[Si](C)(C)c1ccccc1. The zero-order chi connectivity index (χ0) is 22.0. The van der Waals surface area contributed by atoms with E-state index in [2.05, 4.69) is 130 Å². The van der Waals surface area contributed by atoms with E-state index in [4.69, 9.17) is 4.65 Å². The number of hydrogen-bond acceptors (Lipinski definition) is 1. The van der Waals surface area contributed by atoms with Crippen molar-refractivity contribution in [3.63, 3.8) is 0 Å². The average Bonchev–Trinajstić information content (AvgIpc) is 2.76. The first-order chi connectivity index (χ1) is 14.1. The number of benzene rings is 3. The van der Waals surface area contributed by atoms with Crippen molar-refractivity contribution in [3.8, 4) is 0 Å². The summed E-state index contributed by atoms with van der Waals surface area (Å²) < 4.78 is 7.04. The lowest BCUT2D eigenvalue weighted by Gasteiger charge is -2.67. The molecule has 0 saturated carbocycles. The van der Waals surface area contributed by atoms with Gasteiger partial charge in [-0.3, -0.25) is 0 Å². The molecule has 0 fully saturated rings. The molecule has 0 saturated heterocycles. The predicted octanol–water partition coefficient (Wildman–Crippen LogP) is 4.66. The van der Waals surface area contributed by atoms with Crippen LogP contribution in [0.5, 0.6) is 0 Å². The summed E-state index contributed by atoms with van der Waals surface area (Å²) in [6.07, 6.45) is 0. The van der Waals surface area contributed by atoms with Gasteiger partial charge in [-0.25, -0.2) is 0 Å². The Morgan fingerprint density at radius 1 is 0.467 bits per heavy atom.